The molecule has 0 spiro atoms. The molecular formula is C13H20ClN2O6P. The van der Waals surface area contributed by atoms with E-state index < -0.39 is 34.6 Å². The average molecular weight is 367 g/mol. The molecule has 0 radical (unpaired) electrons. The van der Waals surface area contributed by atoms with Gasteiger partial charge in [-0.3, -0.25) is 14.3 Å². The Morgan fingerprint density at radius 1 is 1.57 bits per heavy atom. The molecule has 5 atom stereocenters. The first-order valence-corrected chi connectivity index (χ1v) is 8.29. The number of rotatable bonds is 6. The second-order valence-electron chi connectivity index (χ2n) is 5.67. The summed E-state index contributed by atoms with van der Waals surface area (Å²) in [5.74, 6) is 0. The number of aromatic amines is 1. The van der Waals surface area contributed by atoms with E-state index in [2.05, 4.69) is 4.98 Å². The number of aliphatic hydroxyl groups excluding tert-OH is 1. The summed E-state index contributed by atoms with van der Waals surface area (Å²) in [4.78, 5) is 24.2. The van der Waals surface area contributed by atoms with Crippen molar-refractivity contribution in [3.8, 4) is 0 Å². The van der Waals surface area contributed by atoms with Crippen LogP contribution in [0.3, 0.4) is 0 Å². The van der Waals surface area contributed by atoms with Gasteiger partial charge in [0.05, 0.1) is 12.7 Å². The second kappa shape index (κ2) is 7.42. The number of nitrogens with one attached hydrogen (secondary N) is 1. The van der Waals surface area contributed by atoms with Crippen molar-refractivity contribution in [2.45, 2.75) is 50.2 Å². The Labute approximate surface area is 139 Å². The number of aromatic nitrogens is 2. The van der Waals surface area contributed by atoms with Crippen LogP contribution < -0.4 is 11.2 Å². The van der Waals surface area contributed by atoms with Crippen LogP contribution in [0.2, 0.25) is 0 Å². The fraction of sp³-hybridized carbons (Fsp3) is 0.692. The molecule has 23 heavy (non-hydrogen) atoms. The van der Waals surface area contributed by atoms with Gasteiger partial charge >= 0.3 is 5.69 Å². The van der Waals surface area contributed by atoms with E-state index in [1.807, 2.05) is 13.8 Å². The first-order chi connectivity index (χ1) is 10.8. The second-order valence-corrected chi connectivity index (χ2v) is 7.12. The summed E-state index contributed by atoms with van der Waals surface area (Å²) < 4.78 is 17.9. The predicted octanol–water partition coefficient (Wildman–Crippen LogP) is 0.742. The lowest BCUT2D eigenvalue weighted by molar-refractivity contribution is -0.0436. The number of hydrogen-bond donors (Lipinski definition) is 2. The quantitative estimate of drug-likeness (QED) is 0.568. The first-order valence-electron chi connectivity index (χ1n) is 7.10. The molecule has 1 aliphatic rings. The van der Waals surface area contributed by atoms with Crippen molar-refractivity contribution in [1.29, 1.82) is 0 Å². The molecule has 0 aliphatic carbocycles. The lowest BCUT2D eigenvalue weighted by Gasteiger charge is -2.29. The Kier molecular flexibility index (Phi) is 5.99. The molecular weight excluding hydrogens is 347 g/mol. The van der Waals surface area contributed by atoms with E-state index in [0.29, 0.717) is 0 Å². The van der Waals surface area contributed by atoms with Crippen molar-refractivity contribution >= 4 is 20.6 Å². The van der Waals surface area contributed by atoms with Gasteiger partial charge in [0.1, 0.15) is 17.1 Å². The Morgan fingerprint density at radius 3 is 2.83 bits per heavy atom. The number of H-pyrrole nitrogens is 1. The summed E-state index contributed by atoms with van der Waals surface area (Å²) in [6.45, 7) is 5.06. The third kappa shape index (κ3) is 4.02. The number of halogens is 1. The maximum Gasteiger partial charge on any atom is 0.330 e. The fourth-order valence-electron chi connectivity index (χ4n) is 2.33. The van der Waals surface area contributed by atoms with E-state index in [1.165, 1.54) is 16.8 Å². The van der Waals surface area contributed by atoms with E-state index in [1.54, 1.807) is 6.92 Å². The molecule has 10 heteroatoms. The van der Waals surface area contributed by atoms with Crippen molar-refractivity contribution in [1.82, 2.24) is 9.55 Å². The molecule has 0 bridgehead atoms. The highest BCUT2D eigenvalue weighted by molar-refractivity contribution is 7.26. The van der Waals surface area contributed by atoms with Crippen LogP contribution in [-0.4, -0.2) is 44.5 Å². The smallest absolute Gasteiger partial charge is 0.330 e. The molecule has 2 N–H and O–H groups in total. The van der Waals surface area contributed by atoms with Crippen LogP contribution in [0.15, 0.2) is 21.9 Å². The van der Waals surface area contributed by atoms with Crippen LogP contribution in [-0.2, 0) is 13.8 Å². The van der Waals surface area contributed by atoms with Crippen molar-refractivity contribution in [3.05, 3.63) is 33.1 Å². The Morgan fingerprint density at radius 2 is 2.26 bits per heavy atom. The third-order valence-electron chi connectivity index (χ3n) is 3.42. The maximum atomic E-state index is 12.0. The monoisotopic (exact) mass is 366 g/mol. The zero-order chi connectivity index (χ0) is 17.2. The van der Waals surface area contributed by atoms with Gasteiger partial charge in [-0.1, -0.05) is 0 Å². The molecule has 1 saturated heterocycles. The van der Waals surface area contributed by atoms with Gasteiger partial charge in [0.15, 0.2) is 15.3 Å². The number of aliphatic hydroxyl groups is 1. The fourth-order valence-corrected chi connectivity index (χ4v) is 3.49. The minimum atomic E-state index is -1.14. The van der Waals surface area contributed by atoms with E-state index in [4.69, 9.17) is 25.4 Å². The minimum Gasteiger partial charge on any atom is -0.394 e. The molecule has 0 amide bonds. The topological polar surface area (TPSA) is 103 Å². The molecule has 2 rings (SSSR count). The summed E-state index contributed by atoms with van der Waals surface area (Å²) in [5, 5.41) is 9.51. The molecule has 1 aromatic rings. The molecule has 5 unspecified atom stereocenters. The zero-order valence-electron chi connectivity index (χ0n) is 13.0. The standard InChI is InChI=1S/C13H20ClN2O6P/c1-7(2)21-23-22-10-8(6-17)20-11(13(10,3)14)16-5-4-9(18)15-12(16)19/h4-5,7-8,10-11,17,23H,6H2,1-3H3,(H,15,18,19). The van der Waals surface area contributed by atoms with Gasteiger partial charge in [-0.25, -0.2) is 4.79 Å². The van der Waals surface area contributed by atoms with E-state index in [0.717, 1.165) is 0 Å². The highest BCUT2D eigenvalue weighted by Gasteiger charge is 2.54. The highest BCUT2D eigenvalue weighted by atomic mass is 35.5. The summed E-state index contributed by atoms with van der Waals surface area (Å²) in [6, 6.07) is 1.20. The van der Waals surface area contributed by atoms with Crippen LogP contribution in [0.1, 0.15) is 27.0 Å². The SMILES string of the molecule is CC(C)OPOC1C(CO)OC(n2ccc(=O)[nH]c2=O)C1(C)Cl. The van der Waals surface area contributed by atoms with Crippen LogP contribution in [0.5, 0.6) is 0 Å². The van der Waals surface area contributed by atoms with Crippen molar-refractivity contribution in [3.63, 3.8) is 0 Å². The molecule has 2 heterocycles. The van der Waals surface area contributed by atoms with Crippen LogP contribution in [0.25, 0.3) is 0 Å². The van der Waals surface area contributed by atoms with E-state index in [9.17, 15) is 14.7 Å². The Hall–Kier alpha value is -0.760. The Balaban J connectivity index is 2.25. The van der Waals surface area contributed by atoms with Gasteiger partial charge in [0, 0.05) is 12.3 Å². The summed E-state index contributed by atoms with van der Waals surface area (Å²) in [6.07, 6.45) is -1.02. The number of alkyl halides is 1. The molecule has 0 saturated carbocycles. The van der Waals surface area contributed by atoms with Gasteiger partial charge in [-0.15, -0.1) is 11.6 Å². The van der Waals surface area contributed by atoms with E-state index in [-0.39, 0.29) is 21.7 Å². The third-order valence-corrected chi connectivity index (χ3v) is 4.74. The normalized spacial score (nSPS) is 31.5. The number of ether oxygens (including phenoxy) is 1. The van der Waals surface area contributed by atoms with Crippen LogP contribution in [0.4, 0.5) is 0 Å². The number of hydrogen-bond acceptors (Lipinski definition) is 6. The summed E-state index contributed by atoms with van der Waals surface area (Å²) in [5.41, 5.74) is -1.16. The molecule has 1 aliphatic heterocycles. The predicted molar refractivity (Wildman–Crippen MR) is 86.0 cm³/mol. The lowest BCUT2D eigenvalue weighted by atomic mass is 10.0. The molecule has 130 valence electrons. The highest BCUT2D eigenvalue weighted by Crippen LogP contribution is 2.46. The lowest BCUT2D eigenvalue weighted by Crippen LogP contribution is -2.43. The Bertz CT molecular complexity index is 646. The van der Waals surface area contributed by atoms with Gasteiger partial charge in [-0.2, -0.15) is 0 Å². The number of nitrogens with zero attached hydrogens (tertiary/aromatic N) is 1. The largest absolute Gasteiger partial charge is 0.394 e. The van der Waals surface area contributed by atoms with Crippen molar-refractivity contribution in [2.24, 2.45) is 0 Å². The van der Waals surface area contributed by atoms with Crippen LogP contribution >= 0.6 is 20.6 Å². The summed E-state index contributed by atoms with van der Waals surface area (Å²) >= 11 is 6.57. The molecule has 1 aromatic heterocycles. The van der Waals surface area contributed by atoms with Gasteiger partial charge in [-0.05, 0) is 20.8 Å². The zero-order valence-corrected chi connectivity index (χ0v) is 14.7. The molecule has 1 fully saturated rings. The van der Waals surface area contributed by atoms with E-state index >= 15 is 0 Å². The van der Waals surface area contributed by atoms with Crippen molar-refractivity contribution in [2.75, 3.05) is 6.61 Å². The minimum absolute atomic E-state index is 0.0116. The van der Waals surface area contributed by atoms with Crippen LogP contribution in [0, 0.1) is 0 Å². The van der Waals surface area contributed by atoms with Gasteiger partial charge in [0.2, 0.25) is 0 Å². The molecule has 8 nitrogen and oxygen atoms in total. The van der Waals surface area contributed by atoms with Gasteiger partial charge in [0.25, 0.3) is 5.56 Å². The summed E-state index contributed by atoms with van der Waals surface area (Å²) in [7, 11) is -0.276. The first kappa shape index (κ1) is 18.6. The molecule has 0 aromatic carbocycles. The van der Waals surface area contributed by atoms with Gasteiger partial charge < -0.3 is 18.9 Å². The average Bonchev–Trinajstić information content (AvgIpc) is 2.70. The van der Waals surface area contributed by atoms with Crippen molar-refractivity contribution < 1.29 is 18.9 Å². The maximum absolute atomic E-state index is 12.0.